The molecule has 1 unspecified atom stereocenters. The Labute approximate surface area is 101 Å². The van der Waals surface area contributed by atoms with E-state index in [1.165, 1.54) is 0 Å². The molecule has 2 rings (SSSR count). The molecule has 0 bridgehead atoms. The molecule has 1 atom stereocenters. The van der Waals surface area contributed by atoms with Gasteiger partial charge >= 0.3 is 0 Å². The van der Waals surface area contributed by atoms with E-state index in [0.29, 0.717) is 12.3 Å². The van der Waals surface area contributed by atoms with Gasteiger partial charge in [0, 0.05) is 13.0 Å². The molecule has 16 heavy (non-hydrogen) atoms. The number of methoxy groups -OCH3 is 1. The number of anilines is 1. The van der Waals surface area contributed by atoms with Crippen molar-refractivity contribution in [2.45, 2.75) is 6.42 Å². The Balaban J connectivity index is 2.27. The summed E-state index contributed by atoms with van der Waals surface area (Å²) in [6.45, 7) is 0.739. The molecule has 86 valence electrons. The molecule has 1 aliphatic heterocycles. The number of thiol groups is 1. The molecular weight excluding hydrogens is 222 g/mol. The van der Waals surface area contributed by atoms with Gasteiger partial charge in [-0.25, -0.2) is 0 Å². The van der Waals surface area contributed by atoms with E-state index in [2.05, 4.69) is 12.6 Å². The molecule has 0 aromatic heterocycles. The first-order valence-electron chi connectivity index (χ1n) is 5.30. The van der Waals surface area contributed by atoms with E-state index in [9.17, 15) is 4.79 Å². The number of nitrogens with zero attached hydrogens (tertiary/aromatic N) is 1. The van der Waals surface area contributed by atoms with Gasteiger partial charge in [0.05, 0.1) is 12.8 Å². The highest BCUT2D eigenvalue weighted by atomic mass is 32.1. The van der Waals surface area contributed by atoms with Crippen molar-refractivity contribution < 1.29 is 9.53 Å². The number of rotatable bonds is 3. The summed E-state index contributed by atoms with van der Waals surface area (Å²) in [6.07, 6.45) is 0.585. The molecule has 0 radical (unpaired) electrons. The van der Waals surface area contributed by atoms with Gasteiger partial charge in [0.2, 0.25) is 5.91 Å². The normalized spacial score (nSPS) is 20.2. The zero-order valence-electron chi connectivity index (χ0n) is 9.22. The lowest BCUT2D eigenvalue weighted by molar-refractivity contribution is -0.117. The van der Waals surface area contributed by atoms with Gasteiger partial charge < -0.3 is 9.64 Å². The molecule has 0 saturated carbocycles. The van der Waals surface area contributed by atoms with E-state index < -0.39 is 0 Å². The highest BCUT2D eigenvalue weighted by Gasteiger charge is 2.30. The van der Waals surface area contributed by atoms with Crippen molar-refractivity contribution in [2.75, 3.05) is 24.3 Å². The number of hydrogen-bond acceptors (Lipinski definition) is 3. The van der Waals surface area contributed by atoms with Crippen LogP contribution < -0.4 is 9.64 Å². The Morgan fingerprint density at radius 2 is 2.25 bits per heavy atom. The molecule has 1 amide bonds. The summed E-state index contributed by atoms with van der Waals surface area (Å²) in [4.78, 5) is 13.6. The third-order valence-corrected chi connectivity index (χ3v) is 3.36. The zero-order valence-corrected chi connectivity index (χ0v) is 10.1. The lowest BCUT2D eigenvalue weighted by Gasteiger charge is -2.19. The molecule has 1 aliphatic rings. The maximum absolute atomic E-state index is 11.8. The average Bonchev–Trinajstić information content (AvgIpc) is 2.70. The van der Waals surface area contributed by atoms with Crippen LogP contribution in [0.2, 0.25) is 0 Å². The van der Waals surface area contributed by atoms with Crippen LogP contribution in [-0.4, -0.2) is 25.3 Å². The number of para-hydroxylation sites is 2. The molecule has 1 aromatic carbocycles. The number of ether oxygens (including phenoxy) is 1. The fraction of sp³-hybridized carbons (Fsp3) is 0.417. The predicted octanol–water partition coefficient (Wildman–Crippen LogP) is 1.98. The summed E-state index contributed by atoms with van der Waals surface area (Å²) in [5.41, 5.74) is 0.860. The molecule has 4 heteroatoms. The van der Waals surface area contributed by atoms with E-state index in [1.807, 2.05) is 24.3 Å². The minimum atomic E-state index is 0.156. The topological polar surface area (TPSA) is 29.5 Å². The first-order valence-corrected chi connectivity index (χ1v) is 5.93. The summed E-state index contributed by atoms with van der Waals surface area (Å²) < 4.78 is 5.26. The van der Waals surface area contributed by atoms with Crippen molar-refractivity contribution in [3.63, 3.8) is 0 Å². The minimum absolute atomic E-state index is 0.156. The van der Waals surface area contributed by atoms with Crippen LogP contribution >= 0.6 is 12.6 Å². The van der Waals surface area contributed by atoms with Gasteiger partial charge in [-0.05, 0) is 23.8 Å². The monoisotopic (exact) mass is 237 g/mol. The van der Waals surface area contributed by atoms with Crippen molar-refractivity contribution in [1.29, 1.82) is 0 Å². The Morgan fingerprint density at radius 1 is 1.50 bits per heavy atom. The summed E-state index contributed by atoms with van der Waals surface area (Å²) >= 11 is 4.25. The van der Waals surface area contributed by atoms with E-state index in [-0.39, 0.29) is 5.91 Å². The van der Waals surface area contributed by atoms with Gasteiger partial charge in [-0.2, -0.15) is 12.6 Å². The van der Waals surface area contributed by atoms with Crippen molar-refractivity contribution in [3.05, 3.63) is 24.3 Å². The number of amides is 1. The van der Waals surface area contributed by atoms with Crippen molar-refractivity contribution in [1.82, 2.24) is 0 Å². The smallest absolute Gasteiger partial charge is 0.227 e. The first kappa shape index (κ1) is 11.3. The van der Waals surface area contributed by atoms with Crippen molar-refractivity contribution >= 4 is 24.2 Å². The fourth-order valence-corrected chi connectivity index (χ4v) is 2.23. The number of benzene rings is 1. The molecule has 1 saturated heterocycles. The lowest BCUT2D eigenvalue weighted by Crippen LogP contribution is -2.25. The summed E-state index contributed by atoms with van der Waals surface area (Å²) in [5, 5.41) is 0. The third kappa shape index (κ3) is 2.02. The molecule has 0 spiro atoms. The summed E-state index contributed by atoms with van der Waals surface area (Å²) in [7, 11) is 1.62. The predicted molar refractivity (Wildman–Crippen MR) is 67.3 cm³/mol. The SMILES string of the molecule is COc1ccccc1N1CC(CS)CC1=O. The summed E-state index contributed by atoms with van der Waals surface area (Å²) in [5.74, 6) is 2.00. The highest BCUT2D eigenvalue weighted by molar-refractivity contribution is 7.80. The molecule has 3 nitrogen and oxygen atoms in total. The first-order chi connectivity index (χ1) is 7.76. The fourth-order valence-electron chi connectivity index (χ4n) is 1.99. The van der Waals surface area contributed by atoms with Gasteiger partial charge in [-0.15, -0.1) is 0 Å². The molecule has 1 aromatic rings. The maximum Gasteiger partial charge on any atom is 0.227 e. The van der Waals surface area contributed by atoms with Gasteiger partial charge in [0.1, 0.15) is 5.75 Å². The van der Waals surface area contributed by atoms with E-state index in [0.717, 1.165) is 23.7 Å². The minimum Gasteiger partial charge on any atom is -0.495 e. The van der Waals surface area contributed by atoms with Crippen molar-refractivity contribution in [2.24, 2.45) is 5.92 Å². The van der Waals surface area contributed by atoms with Crippen molar-refractivity contribution in [3.8, 4) is 5.75 Å². The Hall–Kier alpha value is -1.16. The van der Waals surface area contributed by atoms with Gasteiger partial charge in [0.25, 0.3) is 0 Å². The van der Waals surface area contributed by atoms with Gasteiger partial charge in [0.15, 0.2) is 0 Å². The van der Waals surface area contributed by atoms with E-state index in [1.54, 1.807) is 12.0 Å². The number of carbonyl (C=O) groups excluding carboxylic acids is 1. The number of carbonyl (C=O) groups is 1. The Kier molecular flexibility index (Phi) is 3.39. The zero-order chi connectivity index (χ0) is 11.5. The third-order valence-electron chi connectivity index (χ3n) is 2.84. The quantitative estimate of drug-likeness (QED) is 0.815. The van der Waals surface area contributed by atoms with Crippen LogP contribution in [0.1, 0.15) is 6.42 Å². The standard InChI is InChI=1S/C12H15NO2S/c1-15-11-5-3-2-4-10(11)13-7-9(8-16)6-12(13)14/h2-5,9,16H,6-8H2,1H3. The van der Waals surface area contributed by atoms with E-state index >= 15 is 0 Å². The number of hydrogen-bond donors (Lipinski definition) is 1. The van der Waals surface area contributed by atoms with E-state index in [4.69, 9.17) is 4.74 Å². The molecule has 1 heterocycles. The van der Waals surface area contributed by atoms with Crippen LogP contribution in [0.15, 0.2) is 24.3 Å². The Bertz CT molecular complexity index is 394. The van der Waals surface area contributed by atoms with Crippen LogP contribution in [0.5, 0.6) is 5.75 Å². The highest BCUT2D eigenvalue weighted by Crippen LogP contribution is 2.32. The molecule has 1 fully saturated rings. The van der Waals surface area contributed by atoms with Crippen LogP contribution in [0.25, 0.3) is 0 Å². The second-order valence-electron chi connectivity index (χ2n) is 3.93. The molecular formula is C12H15NO2S. The second-order valence-corrected chi connectivity index (χ2v) is 4.29. The van der Waals surface area contributed by atoms with Crippen LogP contribution in [0.3, 0.4) is 0 Å². The maximum atomic E-state index is 11.8. The summed E-state index contributed by atoms with van der Waals surface area (Å²) in [6, 6.07) is 7.60. The van der Waals surface area contributed by atoms with Gasteiger partial charge in [-0.1, -0.05) is 12.1 Å². The molecule has 0 N–H and O–H groups in total. The second kappa shape index (κ2) is 4.78. The van der Waals surface area contributed by atoms with Crippen LogP contribution in [-0.2, 0) is 4.79 Å². The van der Waals surface area contributed by atoms with Crippen LogP contribution in [0, 0.1) is 5.92 Å². The molecule has 0 aliphatic carbocycles. The lowest BCUT2D eigenvalue weighted by atomic mass is 10.1. The Morgan fingerprint density at radius 3 is 2.88 bits per heavy atom. The van der Waals surface area contributed by atoms with Gasteiger partial charge in [-0.3, -0.25) is 4.79 Å². The average molecular weight is 237 g/mol. The van der Waals surface area contributed by atoms with Crippen LogP contribution in [0.4, 0.5) is 5.69 Å². The largest absolute Gasteiger partial charge is 0.495 e.